The van der Waals surface area contributed by atoms with Gasteiger partial charge in [0.1, 0.15) is 11.2 Å². The summed E-state index contributed by atoms with van der Waals surface area (Å²) in [4.78, 5) is 30.8. The average Bonchev–Trinajstić information content (AvgIpc) is 3.28. The third-order valence-corrected chi connectivity index (χ3v) is 4.57. The number of amides is 2. The number of nitrogens with one attached hydrogen (secondary N) is 1. The van der Waals surface area contributed by atoms with Gasteiger partial charge in [-0.1, -0.05) is 11.3 Å². The van der Waals surface area contributed by atoms with Crippen LogP contribution in [0.15, 0.2) is 42.6 Å². The average molecular weight is 350 g/mol. The quantitative estimate of drug-likeness (QED) is 0.761. The number of likely N-dealkylation sites (tertiary alicyclic amines) is 1. The minimum atomic E-state index is -0.162. The molecule has 132 valence electrons. The molecule has 2 amide bonds. The molecular weight excluding hydrogens is 332 g/mol. The monoisotopic (exact) mass is 350 g/mol. The van der Waals surface area contributed by atoms with Crippen molar-refractivity contribution in [2.24, 2.45) is 7.05 Å². The Kier molecular flexibility index (Phi) is 4.08. The molecule has 0 bridgehead atoms. The van der Waals surface area contributed by atoms with E-state index in [0.29, 0.717) is 24.3 Å². The molecule has 1 N–H and O–H groups in total. The molecule has 1 aromatic carbocycles. The third-order valence-electron chi connectivity index (χ3n) is 4.57. The highest BCUT2D eigenvalue weighted by Gasteiger charge is 2.28. The van der Waals surface area contributed by atoms with E-state index >= 15 is 0 Å². The van der Waals surface area contributed by atoms with E-state index < -0.39 is 0 Å². The number of pyridine rings is 1. The van der Waals surface area contributed by atoms with E-state index in [1.54, 1.807) is 59.2 Å². The largest absolute Gasteiger partial charge is 0.347 e. The maximum atomic E-state index is 12.5. The van der Waals surface area contributed by atoms with Gasteiger partial charge in [-0.25, -0.2) is 4.68 Å². The van der Waals surface area contributed by atoms with Gasteiger partial charge in [0, 0.05) is 37.9 Å². The highest BCUT2D eigenvalue weighted by Crippen LogP contribution is 2.15. The Bertz CT molecular complexity index is 968. The van der Waals surface area contributed by atoms with E-state index in [9.17, 15) is 9.59 Å². The van der Waals surface area contributed by atoms with E-state index in [4.69, 9.17) is 0 Å². The zero-order chi connectivity index (χ0) is 18.1. The summed E-state index contributed by atoms with van der Waals surface area (Å²) < 4.78 is 1.63. The first kappa shape index (κ1) is 16.2. The number of fused-ring (bicyclic) bond motifs is 1. The second-order valence-electron chi connectivity index (χ2n) is 6.34. The molecule has 0 radical (unpaired) electrons. The van der Waals surface area contributed by atoms with Crippen LogP contribution in [0, 0.1) is 0 Å². The number of aryl methyl sites for hydroxylation is 1. The standard InChI is InChI=1S/C18H18N6O2/c1-23-16-10-12(5-6-14(16)21-22-23)17(25)20-13-7-9-24(11-13)18(26)15-4-2-3-8-19-15/h2-6,8,10,13H,7,9,11H2,1H3,(H,20,25). The van der Waals surface area contributed by atoms with E-state index in [0.717, 1.165) is 17.5 Å². The van der Waals surface area contributed by atoms with Crippen LogP contribution < -0.4 is 5.32 Å². The van der Waals surface area contributed by atoms with Gasteiger partial charge in [-0.05, 0) is 36.8 Å². The van der Waals surface area contributed by atoms with E-state index in [-0.39, 0.29) is 17.9 Å². The van der Waals surface area contributed by atoms with Gasteiger partial charge in [-0.15, -0.1) is 5.10 Å². The van der Waals surface area contributed by atoms with Crippen molar-refractivity contribution in [3.8, 4) is 0 Å². The normalized spacial score (nSPS) is 16.8. The Morgan fingerprint density at radius 1 is 1.23 bits per heavy atom. The van der Waals surface area contributed by atoms with Crippen molar-refractivity contribution in [3.63, 3.8) is 0 Å². The molecule has 0 spiro atoms. The van der Waals surface area contributed by atoms with Gasteiger partial charge >= 0.3 is 0 Å². The van der Waals surface area contributed by atoms with Crippen LogP contribution >= 0.6 is 0 Å². The molecule has 8 nitrogen and oxygen atoms in total. The summed E-state index contributed by atoms with van der Waals surface area (Å²) in [6.07, 6.45) is 2.33. The number of benzene rings is 1. The van der Waals surface area contributed by atoms with Gasteiger partial charge in [-0.2, -0.15) is 0 Å². The molecule has 1 aliphatic rings. The van der Waals surface area contributed by atoms with Gasteiger partial charge in [0.25, 0.3) is 11.8 Å². The van der Waals surface area contributed by atoms with Crippen LogP contribution in [0.1, 0.15) is 27.3 Å². The summed E-state index contributed by atoms with van der Waals surface area (Å²) in [7, 11) is 1.79. The molecule has 3 aromatic rings. The van der Waals surface area contributed by atoms with Crippen LogP contribution in [0.2, 0.25) is 0 Å². The fourth-order valence-electron chi connectivity index (χ4n) is 3.15. The molecular formula is C18H18N6O2. The zero-order valence-corrected chi connectivity index (χ0v) is 14.3. The second-order valence-corrected chi connectivity index (χ2v) is 6.34. The molecule has 1 unspecified atom stereocenters. The molecule has 1 saturated heterocycles. The summed E-state index contributed by atoms with van der Waals surface area (Å²) in [6, 6.07) is 10.5. The smallest absolute Gasteiger partial charge is 0.272 e. The van der Waals surface area contributed by atoms with Gasteiger partial charge < -0.3 is 10.2 Å². The highest BCUT2D eigenvalue weighted by molar-refractivity contribution is 5.97. The van der Waals surface area contributed by atoms with E-state index in [1.807, 2.05) is 0 Å². The van der Waals surface area contributed by atoms with Crippen molar-refractivity contribution in [2.75, 3.05) is 13.1 Å². The summed E-state index contributed by atoms with van der Waals surface area (Å²) in [5.41, 5.74) is 2.53. The molecule has 1 fully saturated rings. The highest BCUT2D eigenvalue weighted by atomic mass is 16.2. The van der Waals surface area contributed by atoms with Crippen LogP contribution in [0.5, 0.6) is 0 Å². The molecule has 0 aliphatic carbocycles. The molecule has 4 rings (SSSR count). The number of aromatic nitrogens is 4. The van der Waals surface area contributed by atoms with Gasteiger partial charge in [-0.3, -0.25) is 14.6 Å². The number of rotatable bonds is 3. The molecule has 8 heteroatoms. The molecule has 26 heavy (non-hydrogen) atoms. The van der Waals surface area contributed by atoms with E-state index in [1.165, 1.54) is 0 Å². The predicted octanol–water partition coefficient (Wildman–Crippen LogP) is 1.01. The van der Waals surface area contributed by atoms with Crippen molar-refractivity contribution in [2.45, 2.75) is 12.5 Å². The number of carbonyl (C=O) groups is 2. The van der Waals surface area contributed by atoms with Gasteiger partial charge in [0.2, 0.25) is 0 Å². The lowest BCUT2D eigenvalue weighted by molar-refractivity contribution is 0.0777. The lowest BCUT2D eigenvalue weighted by Crippen LogP contribution is -2.38. The first-order valence-electron chi connectivity index (χ1n) is 8.42. The minimum Gasteiger partial charge on any atom is -0.347 e. The Balaban J connectivity index is 1.42. The topological polar surface area (TPSA) is 93.0 Å². The summed E-state index contributed by atoms with van der Waals surface area (Å²) in [5.74, 6) is -0.269. The van der Waals surface area contributed by atoms with Crippen molar-refractivity contribution >= 4 is 22.8 Å². The van der Waals surface area contributed by atoms with Crippen molar-refractivity contribution in [1.82, 2.24) is 30.2 Å². The Morgan fingerprint density at radius 2 is 2.12 bits per heavy atom. The first-order chi connectivity index (χ1) is 12.6. The van der Waals surface area contributed by atoms with Crippen LogP contribution in [-0.2, 0) is 7.05 Å². The van der Waals surface area contributed by atoms with Crippen LogP contribution in [0.4, 0.5) is 0 Å². The van der Waals surface area contributed by atoms with Gasteiger partial charge in [0.15, 0.2) is 0 Å². The van der Waals surface area contributed by atoms with Crippen molar-refractivity contribution < 1.29 is 9.59 Å². The second kappa shape index (κ2) is 6.55. The molecule has 1 atom stereocenters. The van der Waals surface area contributed by atoms with Crippen LogP contribution in [-0.4, -0.2) is 55.8 Å². The van der Waals surface area contributed by atoms with Crippen molar-refractivity contribution in [3.05, 3.63) is 53.9 Å². The SMILES string of the molecule is Cn1nnc2ccc(C(=O)NC3CCN(C(=O)c4ccccn4)C3)cc21. The number of hydrogen-bond donors (Lipinski definition) is 1. The number of hydrogen-bond acceptors (Lipinski definition) is 5. The lowest BCUT2D eigenvalue weighted by Gasteiger charge is -2.16. The summed E-state index contributed by atoms with van der Waals surface area (Å²) >= 11 is 0. The third kappa shape index (κ3) is 3.01. The van der Waals surface area contributed by atoms with Crippen LogP contribution in [0.25, 0.3) is 11.0 Å². The summed E-state index contributed by atoms with van der Waals surface area (Å²) in [6.45, 7) is 1.09. The minimum absolute atomic E-state index is 0.0736. The maximum absolute atomic E-state index is 12.5. The molecule has 2 aromatic heterocycles. The van der Waals surface area contributed by atoms with E-state index in [2.05, 4.69) is 20.6 Å². The fraction of sp³-hybridized carbons (Fsp3) is 0.278. The Hall–Kier alpha value is -3.29. The number of nitrogens with zero attached hydrogens (tertiary/aromatic N) is 5. The molecule has 3 heterocycles. The zero-order valence-electron chi connectivity index (χ0n) is 14.3. The summed E-state index contributed by atoms with van der Waals surface area (Å²) in [5, 5.41) is 11.0. The van der Waals surface area contributed by atoms with Crippen LogP contribution in [0.3, 0.4) is 0 Å². The predicted molar refractivity (Wildman–Crippen MR) is 94.5 cm³/mol. The Morgan fingerprint density at radius 3 is 2.92 bits per heavy atom. The molecule has 0 saturated carbocycles. The van der Waals surface area contributed by atoms with Gasteiger partial charge in [0.05, 0.1) is 5.52 Å². The maximum Gasteiger partial charge on any atom is 0.272 e. The number of carbonyl (C=O) groups excluding carboxylic acids is 2. The Labute approximate surface area is 149 Å². The van der Waals surface area contributed by atoms with Crippen molar-refractivity contribution in [1.29, 1.82) is 0 Å². The first-order valence-corrected chi connectivity index (χ1v) is 8.42. The lowest BCUT2D eigenvalue weighted by atomic mass is 10.1. The molecule has 1 aliphatic heterocycles. The fourth-order valence-corrected chi connectivity index (χ4v) is 3.15.